The van der Waals surface area contributed by atoms with E-state index in [1.54, 1.807) is 0 Å². The Kier molecular flexibility index (Phi) is 6.08. The highest BCUT2D eigenvalue weighted by Gasteiger charge is 2.21. The Bertz CT molecular complexity index is 607. The zero-order valence-corrected chi connectivity index (χ0v) is 14.2. The van der Waals surface area contributed by atoms with Crippen LogP contribution in [0.1, 0.15) is 33.6 Å². The second-order valence-electron chi connectivity index (χ2n) is 6.18. The first-order valence-electron chi connectivity index (χ1n) is 7.05. The van der Waals surface area contributed by atoms with Crippen LogP contribution in [0.25, 0.3) is 0 Å². The summed E-state index contributed by atoms with van der Waals surface area (Å²) in [5.74, 6) is -0.597. The zero-order valence-electron chi connectivity index (χ0n) is 13.4. The van der Waals surface area contributed by atoms with Crippen molar-refractivity contribution in [3.8, 4) is 0 Å². The lowest BCUT2D eigenvalue weighted by Crippen LogP contribution is -2.40. The summed E-state index contributed by atoms with van der Waals surface area (Å²) in [6.45, 7) is 5.87. The van der Waals surface area contributed by atoms with Gasteiger partial charge in [-0.15, -0.1) is 0 Å². The second-order valence-corrected chi connectivity index (χ2v) is 8.23. The molecule has 0 heterocycles. The Morgan fingerprint density at radius 2 is 1.77 bits per heavy atom. The summed E-state index contributed by atoms with van der Waals surface area (Å²) in [5, 5.41) is 2.82. The van der Waals surface area contributed by atoms with Crippen molar-refractivity contribution in [2.24, 2.45) is 0 Å². The SMILES string of the molecule is CN(CCCC(=O)NC(C)(C)C)S(=O)(=O)c1ccc(F)cc1. The van der Waals surface area contributed by atoms with Crippen LogP contribution in [-0.4, -0.2) is 37.8 Å². The lowest BCUT2D eigenvalue weighted by molar-refractivity contribution is -0.122. The first-order chi connectivity index (χ1) is 10.0. The van der Waals surface area contributed by atoms with E-state index in [1.807, 2.05) is 20.8 Å². The Morgan fingerprint density at radius 1 is 1.23 bits per heavy atom. The first kappa shape index (κ1) is 18.6. The zero-order chi connectivity index (χ0) is 17.0. The van der Waals surface area contributed by atoms with E-state index in [-0.39, 0.29) is 29.3 Å². The smallest absolute Gasteiger partial charge is 0.242 e. The normalized spacial score (nSPS) is 12.5. The van der Waals surface area contributed by atoms with Gasteiger partial charge >= 0.3 is 0 Å². The number of amides is 1. The van der Waals surface area contributed by atoms with E-state index in [2.05, 4.69) is 5.32 Å². The number of hydrogen-bond acceptors (Lipinski definition) is 3. The average molecular weight is 330 g/mol. The maximum atomic E-state index is 12.8. The van der Waals surface area contributed by atoms with E-state index >= 15 is 0 Å². The molecule has 1 aromatic rings. The predicted octanol–water partition coefficient (Wildman–Crippen LogP) is 2.14. The van der Waals surface area contributed by atoms with Gasteiger partial charge in [0.1, 0.15) is 5.82 Å². The molecule has 0 aromatic heterocycles. The van der Waals surface area contributed by atoms with E-state index in [1.165, 1.54) is 23.5 Å². The molecule has 1 rings (SSSR count). The van der Waals surface area contributed by atoms with Crippen molar-refractivity contribution in [1.29, 1.82) is 0 Å². The van der Waals surface area contributed by atoms with Crippen LogP contribution in [0.2, 0.25) is 0 Å². The predicted molar refractivity (Wildman–Crippen MR) is 83.3 cm³/mol. The lowest BCUT2D eigenvalue weighted by Gasteiger charge is -2.21. The van der Waals surface area contributed by atoms with Crippen LogP contribution >= 0.6 is 0 Å². The fourth-order valence-corrected chi connectivity index (χ4v) is 3.06. The van der Waals surface area contributed by atoms with E-state index in [0.29, 0.717) is 6.42 Å². The fraction of sp³-hybridized carbons (Fsp3) is 0.533. The minimum atomic E-state index is -3.65. The van der Waals surface area contributed by atoms with Crippen molar-refractivity contribution in [2.45, 2.75) is 44.0 Å². The number of hydrogen-bond donors (Lipinski definition) is 1. The van der Waals surface area contributed by atoms with Crippen molar-refractivity contribution in [3.63, 3.8) is 0 Å². The highest BCUT2D eigenvalue weighted by Crippen LogP contribution is 2.15. The van der Waals surface area contributed by atoms with Gasteiger partial charge in [0, 0.05) is 25.6 Å². The van der Waals surface area contributed by atoms with Crippen molar-refractivity contribution >= 4 is 15.9 Å². The number of rotatable bonds is 6. The molecule has 0 aliphatic carbocycles. The standard InChI is InChI=1S/C15H23FN2O3S/c1-15(2,3)17-14(19)6-5-11-18(4)22(20,21)13-9-7-12(16)8-10-13/h7-10H,5-6,11H2,1-4H3,(H,17,19). The van der Waals surface area contributed by atoms with E-state index in [9.17, 15) is 17.6 Å². The third-order valence-corrected chi connectivity index (χ3v) is 4.78. The monoisotopic (exact) mass is 330 g/mol. The number of sulfonamides is 1. The average Bonchev–Trinajstić information content (AvgIpc) is 2.36. The van der Waals surface area contributed by atoms with Crippen LogP contribution in [-0.2, 0) is 14.8 Å². The Morgan fingerprint density at radius 3 is 2.27 bits per heavy atom. The second kappa shape index (κ2) is 7.19. The maximum absolute atomic E-state index is 12.8. The highest BCUT2D eigenvalue weighted by atomic mass is 32.2. The van der Waals surface area contributed by atoms with Gasteiger partial charge in [0.15, 0.2) is 0 Å². The summed E-state index contributed by atoms with van der Waals surface area (Å²) in [4.78, 5) is 11.7. The number of halogens is 1. The van der Waals surface area contributed by atoms with Crippen molar-refractivity contribution in [1.82, 2.24) is 9.62 Å². The number of nitrogens with zero attached hydrogens (tertiary/aromatic N) is 1. The van der Waals surface area contributed by atoms with Gasteiger partial charge in [0.05, 0.1) is 4.90 Å². The Labute approximate surface area is 131 Å². The van der Waals surface area contributed by atoms with E-state index in [0.717, 1.165) is 12.1 Å². The van der Waals surface area contributed by atoms with Crippen molar-refractivity contribution < 1.29 is 17.6 Å². The van der Waals surface area contributed by atoms with E-state index in [4.69, 9.17) is 0 Å². The molecule has 1 amide bonds. The third-order valence-electron chi connectivity index (χ3n) is 2.91. The molecule has 22 heavy (non-hydrogen) atoms. The van der Waals surface area contributed by atoms with Crippen LogP contribution in [0, 0.1) is 5.82 Å². The summed E-state index contributed by atoms with van der Waals surface area (Å²) < 4.78 is 38.5. The topological polar surface area (TPSA) is 66.5 Å². The van der Waals surface area contributed by atoms with Crippen molar-refractivity contribution in [2.75, 3.05) is 13.6 Å². The van der Waals surface area contributed by atoms with Crippen LogP contribution in [0.15, 0.2) is 29.2 Å². The van der Waals surface area contributed by atoms with Crippen molar-refractivity contribution in [3.05, 3.63) is 30.1 Å². The molecule has 1 N–H and O–H groups in total. The van der Waals surface area contributed by atoms with Crippen LogP contribution in [0.5, 0.6) is 0 Å². The van der Waals surface area contributed by atoms with Gasteiger partial charge in [0.25, 0.3) is 0 Å². The van der Waals surface area contributed by atoms with Gasteiger partial charge in [-0.3, -0.25) is 4.79 Å². The summed E-state index contributed by atoms with van der Waals surface area (Å²) in [7, 11) is -2.21. The van der Waals surface area contributed by atoms with Crippen LogP contribution < -0.4 is 5.32 Å². The Balaban J connectivity index is 2.56. The molecule has 0 radical (unpaired) electrons. The molecule has 0 fully saturated rings. The summed E-state index contributed by atoms with van der Waals surface area (Å²) in [6.07, 6.45) is 0.666. The molecule has 124 valence electrons. The molecule has 0 atom stereocenters. The van der Waals surface area contributed by atoms with E-state index < -0.39 is 15.8 Å². The molecule has 0 bridgehead atoms. The van der Waals surface area contributed by atoms with Crippen LogP contribution in [0.3, 0.4) is 0 Å². The lowest BCUT2D eigenvalue weighted by atomic mass is 10.1. The molecule has 0 saturated carbocycles. The molecule has 0 aliphatic heterocycles. The number of nitrogens with one attached hydrogen (secondary N) is 1. The first-order valence-corrected chi connectivity index (χ1v) is 8.49. The molecule has 1 aromatic carbocycles. The van der Waals surface area contributed by atoms with Crippen LogP contribution in [0.4, 0.5) is 4.39 Å². The summed E-state index contributed by atoms with van der Waals surface area (Å²) >= 11 is 0. The van der Waals surface area contributed by atoms with Gasteiger partial charge < -0.3 is 5.32 Å². The molecule has 0 unspecified atom stereocenters. The molecular weight excluding hydrogens is 307 g/mol. The van der Waals surface area contributed by atoms with Gasteiger partial charge in [-0.25, -0.2) is 17.1 Å². The summed E-state index contributed by atoms with van der Waals surface area (Å²) in [6, 6.07) is 4.68. The van der Waals surface area contributed by atoms with Gasteiger partial charge in [-0.2, -0.15) is 0 Å². The quantitative estimate of drug-likeness (QED) is 0.869. The Hall–Kier alpha value is -1.47. The molecular formula is C15H23FN2O3S. The molecule has 7 heteroatoms. The number of carbonyl (C=O) groups is 1. The number of benzene rings is 1. The molecule has 0 saturated heterocycles. The molecule has 0 spiro atoms. The van der Waals surface area contributed by atoms with Gasteiger partial charge in [-0.1, -0.05) is 0 Å². The highest BCUT2D eigenvalue weighted by molar-refractivity contribution is 7.89. The third kappa shape index (κ3) is 5.73. The summed E-state index contributed by atoms with van der Waals surface area (Å²) in [5.41, 5.74) is -0.302. The number of carbonyl (C=O) groups excluding carboxylic acids is 1. The minimum Gasteiger partial charge on any atom is -0.352 e. The molecule has 0 aliphatic rings. The largest absolute Gasteiger partial charge is 0.352 e. The molecule has 5 nitrogen and oxygen atoms in total. The van der Waals surface area contributed by atoms with Gasteiger partial charge in [0.2, 0.25) is 15.9 Å². The maximum Gasteiger partial charge on any atom is 0.242 e. The van der Waals surface area contributed by atoms with Gasteiger partial charge in [-0.05, 0) is 51.5 Å². The minimum absolute atomic E-state index is 0.0375. The fourth-order valence-electron chi connectivity index (χ4n) is 1.85.